The Bertz CT molecular complexity index is 863. The lowest BCUT2D eigenvalue weighted by molar-refractivity contribution is -0.923. The monoisotopic (exact) mass is 339 g/mol. The third-order valence-electron chi connectivity index (χ3n) is 6.36. The van der Waals surface area contributed by atoms with E-state index >= 15 is 0 Å². The SMILES string of the molecule is CC[n+]1ccc2c3ccccc3n(CC[N+](CC)(CC)CC)c2c1C. The van der Waals surface area contributed by atoms with Gasteiger partial charge in [-0.2, -0.15) is 0 Å². The Kier molecular flexibility index (Phi) is 5.14. The number of quaternary nitrogens is 1. The minimum absolute atomic E-state index is 1.02. The summed E-state index contributed by atoms with van der Waals surface area (Å²) in [6, 6.07) is 11.2. The van der Waals surface area contributed by atoms with Crippen molar-refractivity contribution in [3.8, 4) is 0 Å². The number of para-hydroxylation sites is 1. The molecule has 0 unspecified atom stereocenters. The van der Waals surface area contributed by atoms with Gasteiger partial charge in [0.05, 0.1) is 32.7 Å². The van der Waals surface area contributed by atoms with Crippen molar-refractivity contribution >= 4 is 21.8 Å². The van der Waals surface area contributed by atoms with Gasteiger partial charge in [0.2, 0.25) is 5.69 Å². The molecule has 0 radical (unpaired) electrons. The van der Waals surface area contributed by atoms with Gasteiger partial charge in [-0.3, -0.25) is 0 Å². The van der Waals surface area contributed by atoms with Gasteiger partial charge >= 0.3 is 0 Å². The lowest BCUT2D eigenvalue weighted by Crippen LogP contribution is -2.49. The summed E-state index contributed by atoms with van der Waals surface area (Å²) in [4.78, 5) is 0. The molecule has 0 spiro atoms. The van der Waals surface area contributed by atoms with Gasteiger partial charge in [-0.1, -0.05) is 18.2 Å². The van der Waals surface area contributed by atoms with E-state index in [-0.39, 0.29) is 0 Å². The van der Waals surface area contributed by atoms with E-state index in [0.717, 1.165) is 13.1 Å². The highest BCUT2D eigenvalue weighted by Gasteiger charge is 2.23. The van der Waals surface area contributed by atoms with Crippen molar-refractivity contribution in [1.29, 1.82) is 0 Å². The molecule has 3 aromatic rings. The molecule has 0 bridgehead atoms. The summed E-state index contributed by atoms with van der Waals surface area (Å²) in [7, 11) is 0. The quantitative estimate of drug-likeness (QED) is 0.449. The predicted octanol–water partition coefficient (Wildman–Crippen LogP) is 4.29. The summed E-state index contributed by atoms with van der Waals surface area (Å²) in [5.41, 5.74) is 4.15. The van der Waals surface area contributed by atoms with E-state index in [1.165, 1.54) is 58.2 Å². The number of aromatic nitrogens is 2. The number of nitrogens with zero attached hydrogens (tertiary/aromatic N) is 3. The maximum atomic E-state index is 2.57. The van der Waals surface area contributed by atoms with Gasteiger partial charge in [0, 0.05) is 29.3 Å². The van der Waals surface area contributed by atoms with E-state index in [1.54, 1.807) is 0 Å². The molecule has 3 rings (SSSR count). The van der Waals surface area contributed by atoms with Gasteiger partial charge in [0.25, 0.3) is 0 Å². The van der Waals surface area contributed by atoms with Gasteiger partial charge in [-0.25, -0.2) is 4.57 Å². The number of hydrogen-bond acceptors (Lipinski definition) is 0. The highest BCUT2D eigenvalue weighted by atomic mass is 15.3. The van der Waals surface area contributed by atoms with Crippen LogP contribution >= 0.6 is 0 Å². The molecule has 25 heavy (non-hydrogen) atoms. The Morgan fingerprint density at radius 3 is 2.24 bits per heavy atom. The Morgan fingerprint density at radius 2 is 1.60 bits per heavy atom. The van der Waals surface area contributed by atoms with Crippen LogP contribution in [0.5, 0.6) is 0 Å². The van der Waals surface area contributed by atoms with E-state index in [1.807, 2.05) is 0 Å². The molecule has 0 saturated heterocycles. The Labute approximate surface area is 152 Å². The number of pyridine rings is 1. The number of rotatable bonds is 7. The second-order valence-electron chi connectivity index (χ2n) is 7.13. The van der Waals surface area contributed by atoms with Crippen LogP contribution in [0.15, 0.2) is 36.5 Å². The number of hydrogen-bond donors (Lipinski definition) is 0. The van der Waals surface area contributed by atoms with Gasteiger partial charge in [-0.05, 0) is 33.8 Å². The van der Waals surface area contributed by atoms with Gasteiger partial charge in [0.15, 0.2) is 6.20 Å². The number of aryl methyl sites for hydroxylation is 2. The second kappa shape index (κ2) is 7.17. The summed E-state index contributed by atoms with van der Waals surface area (Å²) in [5, 5.41) is 2.77. The van der Waals surface area contributed by atoms with E-state index < -0.39 is 0 Å². The first-order valence-corrected chi connectivity index (χ1v) is 9.85. The molecule has 0 N–H and O–H groups in total. The van der Waals surface area contributed by atoms with Crippen molar-refractivity contribution < 1.29 is 9.05 Å². The van der Waals surface area contributed by atoms with Gasteiger partial charge in [-0.15, -0.1) is 0 Å². The molecule has 0 fully saturated rings. The lowest BCUT2D eigenvalue weighted by atomic mass is 10.1. The number of fused-ring (bicyclic) bond motifs is 3. The lowest BCUT2D eigenvalue weighted by Gasteiger charge is -2.36. The van der Waals surface area contributed by atoms with Crippen LogP contribution in [0.3, 0.4) is 0 Å². The second-order valence-corrected chi connectivity index (χ2v) is 7.13. The molecule has 3 heteroatoms. The molecule has 134 valence electrons. The highest BCUT2D eigenvalue weighted by Crippen LogP contribution is 2.30. The van der Waals surface area contributed by atoms with Crippen molar-refractivity contribution in [2.75, 3.05) is 26.2 Å². The zero-order chi connectivity index (χ0) is 18.0. The molecule has 2 heterocycles. The molecule has 0 atom stereocenters. The summed E-state index contributed by atoms with van der Waals surface area (Å²) < 4.78 is 6.12. The zero-order valence-electron chi connectivity index (χ0n) is 16.5. The van der Waals surface area contributed by atoms with E-state index in [2.05, 4.69) is 80.3 Å². The Morgan fingerprint density at radius 1 is 0.920 bits per heavy atom. The molecule has 0 aliphatic rings. The van der Waals surface area contributed by atoms with Crippen LogP contribution in [-0.2, 0) is 13.1 Å². The molecule has 3 nitrogen and oxygen atoms in total. The standard InChI is InChI=1S/C22H33N3/c1-6-23-15-14-20-19-12-10-11-13-21(19)24(22(20)18(23)5)16-17-25(7-2,8-3)9-4/h10-15H,6-9,16-17H2,1-5H3/q+2. The predicted molar refractivity (Wildman–Crippen MR) is 107 cm³/mol. The average Bonchev–Trinajstić information content (AvgIpc) is 2.98. The van der Waals surface area contributed by atoms with E-state index in [0.29, 0.717) is 0 Å². The van der Waals surface area contributed by atoms with Crippen molar-refractivity contribution in [2.24, 2.45) is 0 Å². The maximum Gasteiger partial charge on any atom is 0.202 e. The molecule has 0 aliphatic carbocycles. The van der Waals surface area contributed by atoms with E-state index in [4.69, 9.17) is 0 Å². The van der Waals surface area contributed by atoms with Crippen molar-refractivity contribution in [1.82, 2.24) is 4.57 Å². The minimum atomic E-state index is 1.02. The largest absolute Gasteiger partial charge is 0.330 e. The van der Waals surface area contributed by atoms with Gasteiger partial charge in [0.1, 0.15) is 12.1 Å². The Hall–Kier alpha value is -1.87. The normalized spacial score (nSPS) is 12.4. The summed E-state index contributed by atoms with van der Waals surface area (Å²) in [6.45, 7) is 18.4. The summed E-state index contributed by atoms with van der Waals surface area (Å²) >= 11 is 0. The molecule has 2 aromatic heterocycles. The third kappa shape index (κ3) is 2.95. The van der Waals surface area contributed by atoms with Crippen LogP contribution in [0.2, 0.25) is 0 Å². The van der Waals surface area contributed by atoms with Crippen LogP contribution in [0, 0.1) is 6.92 Å². The Balaban J connectivity index is 2.17. The van der Waals surface area contributed by atoms with Crippen molar-refractivity contribution in [3.63, 3.8) is 0 Å². The van der Waals surface area contributed by atoms with Crippen molar-refractivity contribution in [3.05, 3.63) is 42.2 Å². The fourth-order valence-electron chi connectivity index (χ4n) is 4.33. The molecular formula is C22H33N3+2. The molecular weight excluding hydrogens is 306 g/mol. The topological polar surface area (TPSA) is 8.81 Å². The van der Waals surface area contributed by atoms with E-state index in [9.17, 15) is 0 Å². The molecule has 0 amide bonds. The van der Waals surface area contributed by atoms with Crippen LogP contribution < -0.4 is 4.57 Å². The minimum Gasteiger partial charge on any atom is -0.330 e. The smallest absolute Gasteiger partial charge is 0.202 e. The van der Waals surface area contributed by atoms with Crippen LogP contribution in [0.4, 0.5) is 0 Å². The third-order valence-corrected chi connectivity index (χ3v) is 6.36. The molecule has 1 aromatic carbocycles. The number of likely N-dealkylation sites (N-methyl/N-ethyl adjacent to an activating group) is 1. The first-order chi connectivity index (χ1) is 12.1. The maximum absolute atomic E-state index is 2.57. The average molecular weight is 340 g/mol. The fourth-order valence-corrected chi connectivity index (χ4v) is 4.33. The van der Waals surface area contributed by atoms with Crippen LogP contribution in [0.25, 0.3) is 21.8 Å². The highest BCUT2D eigenvalue weighted by molar-refractivity contribution is 6.08. The van der Waals surface area contributed by atoms with Crippen LogP contribution in [-0.4, -0.2) is 35.2 Å². The summed E-state index contributed by atoms with van der Waals surface area (Å²) in [5.74, 6) is 0. The first kappa shape index (κ1) is 17.9. The number of benzene rings is 1. The van der Waals surface area contributed by atoms with Crippen LogP contribution in [0.1, 0.15) is 33.4 Å². The van der Waals surface area contributed by atoms with Gasteiger partial charge < -0.3 is 9.05 Å². The molecule has 0 aliphatic heterocycles. The summed E-state index contributed by atoms with van der Waals surface area (Å²) in [6.07, 6.45) is 2.24. The zero-order valence-corrected chi connectivity index (χ0v) is 16.5. The first-order valence-electron chi connectivity index (χ1n) is 9.85. The van der Waals surface area contributed by atoms with Crippen molar-refractivity contribution in [2.45, 2.75) is 47.7 Å². The fraction of sp³-hybridized carbons (Fsp3) is 0.500. The molecule has 0 saturated carbocycles.